The van der Waals surface area contributed by atoms with E-state index in [9.17, 15) is 9.90 Å². The summed E-state index contributed by atoms with van der Waals surface area (Å²) in [5.74, 6) is 0. The molecule has 0 amide bonds. The molecule has 0 aromatic rings. The van der Waals surface area contributed by atoms with Gasteiger partial charge in [0, 0.05) is 1.37 Å². The van der Waals surface area contributed by atoms with Crippen molar-refractivity contribution in [2.45, 2.75) is 0 Å². The van der Waals surface area contributed by atoms with Gasteiger partial charge in [0.1, 0.15) is 7.63 Å². The Morgan fingerprint density at radius 3 is 2.38 bits per heavy atom. The summed E-state index contributed by atoms with van der Waals surface area (Å²) in [5, 5.41) is 10.1. The summed E-state index contributed by atoms with van der Waals surface area (Å²) in [6.07, 6.45) is -2.91. The molecule has 0 saturated heterocycles. The van der Waals surface area contributed by atoms with Gasteiger partial charge in [-0.15, -0.1) is 6.24 Å². The van der Waals surface area contributed by atoms with Crippen LogP contribution >= 0.6 is 0 Å². The van der Waals surface area contributed by atoms with Gasteiger partial charge in [-0.25, -0.2) is 0 Å². The maximum atomic E-state index is 10.1. The minimum atomic E-state index is -1.45. The van der Waals surface area contributed by atoms with Crippen molar-refractivity contribution in [3.8, 4) is 0 Å². The number of allylic oxidation sites excluding steroid dienone is 3. The first-order valence-electron chi connectivity index (χ1n) is 3.91. The van der Waals surface area contributed by atoms with Gasteiger partial charge in [-0.2, -0.15) is 0 Å². The Hall–Kier alpha value is -0.0500. The number of aldehydes is 1. The molecule has 0 aliphatic carbocycles. The summed E-state index contributed by atoms with van der Waals surface area (Å²) in [6, 6.07) is -3.10. The van der Waals surface area contributed by atoms with Gasteiger partial charge in [-0.05, 0) is 6.05 Å². The maximum absolute atomic E-state index is 10.1. The third-order valence-electron chi connectivity index (χ3n) is 0.227. The first-order chi connectivity index (χ1) is 5.37. The molecule has 3 heteroatoms. The van der Waals surface area contributed by atoms with Gasteiger partial charge in [-0.3, -0.25) is 4.79 Å². The van der Waals surface area contributed by atoms with Gasteiger partial charge in [-0.1, -0.05) is 12.1 Å². The number of hydrogen-bond donors (Lipinski definition) is 0. The Kier molecular flexibility index (Phi) is 4.02. The molecule has 2 nitrogen and oxygen atoms in total. The molecule has 0 heterocycles. The fourth-order valence-electron chi connectivity index (χ4n) is 0.0823. The monoisotopic (exact) mass is 125 g/mol. The molecule has 0 radical (unpaired) electrons. The maximum Gasteiger partial charge on any atom is 1.00 e. The summed E-state index contributed by atoms with van der Waals surface area (Å²) in [5.41, 5.74) is 0. The predicted octanol–water partition coefficient (Wildman–Crippen LogP) is -3.38. The van der Waals surface area contributed by atoms with Crippen LogP contribution in [0.25, 0.3) is 0 Å². The first-order valence-corrected chi connectivity index (χ1v) is 1.41. The van der Waals surface area contributed by atoms with Crippen molar-refractivity contribution >= 4 is 6.26 Å². The molecule has 0 rings (SSSR count). The molecule has 38 valence electrons. The summed E-state index contributed by atoms with van der Waals surface area (Å²) < 4.78 is 33.1. The number of carbonyl (C=O) groups is 1. The second kappa shape index (κ2) is 10.0. The van der Waals surface area contributed by atoms with E-state index in [0.717, 1.165) is 0 Å². The smallest absolute Gasteiger partial charge is 0.878 e. The molecular weight excluding hydrogens is 115 g/mol. The molecule has 0 fully saturated rings. The van der Waals surface area contributed by atoms with E-state index in [1.165, 1.54) is 0 Å². The van der Waals surface area contributed by atoms with E-state index in [0.29, 0.717) is 0 Å². The molecule has 0 aliphatic rings. The van der Waals surface area contributed by atoms with E-state index in [4.69, 9.17) is 6.85 Å². The predicted molar refractivity (Wildman–Crippen MR) is 24.3 cm³/mol. The molecule has 0 atom stereocenters. The number of hydrogen-bond acceptors (Lipinski definition) is 2. The molecule has 0 aromatic carbocycles. The zero-order chi connectivity index (χ0) is 9.89. The Morgan fingerprint density at radius 2 is 2.00 bits per heavy atom. The van der Waals surface area contributed by atoms with Gasteiger partial charge in [0.15, 0.2) is 0 Å². The van der Waals surface area contributed by atoms with Crippen LogP contribution in [0.5, 0.6) is 0 Å². The topological polar surface area (TPSA) is 40.1 Å². The molecule has 0 N–H and O–H groups in total. The quantitative estimate of drug-likeness (QED) is 0.127. The van der Waals surface area contributed by atoms with E-state index in [-0.39, 0.29) is 29.6 Å². The average molecular weight is 125 g/mol. The minimum Gasteiger partial charge on any atom is -0.878 e. The van der Waals surface area contributed by atoms with Crippen LogP contribution in [-0.4, -0.2) is 6.26 Å². The van der Waals surface area contributed by atoms with E-state index in [1.807, 2.05) is 0 Å². The normalized spacial score (nSPS) is 23.2. The molecule has 0 bridgehead atoms. The molecule has 0 unspecified atom stereocenters. The molecule has 0 spiro atoms. The van der Waals surface area contributed by atoms with Gasteiger partial charge in [0.25, 0.3) is 0 Å². The fraction of sp³-hybridized carbons (Fsp3) is 0. The second-order valence-electron chi connectivity index (χ2n) is 0.579. The van der Waals surface area contributed by atoms with Crippen molar-refractivity contribution < 1.29 is 46.3 Å². The molecular formula is C5H5NaO2. The van der Waals surface area contributed by atoms with Crippen LogP contribution < -0.4 is 34.7 Å². The number of rotatable bonds is 2. The zero-order valence-electron chi connectivity index (χ0n) is 9.32. The van der Waals surface area contributed by atoms with Crippen LogP contribution in [0, 0.1) is 0 Å². The first kappa shape index (κ1) is 3.20. The largest absolute Gasteiger partial charge is 1.00 e. The van der Waals surface area contributed by atoms with Crippen molar-refractivity contribution in [2.24, 2.45) is 0 Å². The summed E-state index contributed by atoms with van der Waals surface area (Å²) in [4.78, 5) is 10.1. The third-order valence-corrected chi connectivity index (χ3v) is 0.227. The second-order valence-corrected chi connectivity index (χ2v) is 0.579. The van der Waals surface area contributed by atoms with Gasteiger partial charge in [0.05, 0.1) is 4.11 Å². The van der Waals surface area contributed by atoms with Crippen LogP contribution in [0.1, 0.15) is 6.85 Å². The SMILES string of the molecule is [2H]C(=O)/C([2H])=C([2H])/C([2H])=C(\[2H])[O-].[Na+]. The van der Waals surface area contributed by atoms with Crippen molar-refractivity contribution in [2.75, 3.05) is 0 Å². The van der Waals surface area contributed by atoms with E-state index in [2.05, 4.69) is 0 Å². The molecule has 0 aliphatic heterocycles. The van der Waals surface area contributed by atoms with Gasteiger partial charge >= 0.3 is 29.6 Å². The fourth-order valence-corrected chi connectivity index (χ4v) is 0.0823. The van der Waals surface area contributed by atoms with Gasteiger partial charge < -0.3 is 5.11 Å². The zero-order valence-corrected chi connectivity index (χ0v) is 6.32. The molecule has 0 aromatic heterocycles. The van der Waals surface area contributed by atoms with Crippen molar-refractivity contribution in [1.82, 2.24) is 0 Å². The summed E-state index contributed by atoms with van der Waals surface area (Å²) in [7, 11) is 0. The Labute approximate surface area is 77.2 Å². The van der Waals surface area contributed by atoms with Crippen molar-refractivity contribution in [3.05, 3.63) is 24.4 Å². The average Bonchev–Trinajstić information content (AvgIpc) is 2.00. The summed E-state index contributed by atoms with van der Waals surface area (Å²) >= 11 is 0. The van der Waals surface area contributed by atoms with E-state index >= 15 is 0 Å². The van der Waals surface area contributed by atoms with Gasteiger partial charge in [0.2, 0.25) is 0 Å². The third kappa shape index (κ3) is 9.34. The van der Waals surface area contributed by atoms with Crippen molar-refractivity contribution in [1.29, 1.82) is 0 Å². The van der Waals surface area contributed by atoms with Crippen LogP contribution in [0.3, 0.4) is 0 Å². The van der Waals surface area contributed by atoms with E-state index in [1.54, 1.807) is 0 Å². The Balaban J connectivity index is 0. The van der Waals surface area contributed by atoms with Crippen LogP contribution in [0.4, 0.5) is 0 Å². The Morgan fingerprint density at radius 1 is 1.38 bits per heavy atom. The standard InChI is InChI=1S/C5H6O2.Na/c6-4-2-1-3-5-7;/h1-6H;/q;+1/p-1/b3-1+,4-2+;/i1D,2D,3D,4D,5D;. The minimum absolute atomic E-state index is 0. The van der Waals surface area contributed by atoms with Crippen LogP contribution in [0.2, 0.25) is 0 Å². The number of carbonyl (C=O) groups excluding carboxylic acids is 1. The van der Waals surface area contributed by atoms with Crippen LogP contribution in [-0.2, 0) is 4.79 Å². The molecule has 0 saturated carbocycles. The molecule has 8 heavy (non-hydrogen) atoms. The van der Waals surface area contributed by atoms with Crippen LogP contribution in [0.15, 0.2) is 24.4 Å². The summed E-state index contributed by atoms with van der Waals surface area (Å²) in [6.45, 7) is 0. The van der Waals surface area contributed by atoms with Crippen molar-refractivity contribution in [3.63, 3.8) is 0 Å². The van der Waals surface area contributed by atoms with E-state index < -0.39 is 30.7 Å². The Bertz CT molecular complexity index is 268.